The van der Waals surface area contributed by atoms with Crippen LogP contribution in [0.25, 0.3) is 0 Å². The molecule has 2 saturated heterocycles. The van der Waals surface area contributed by atoms with E-state index in [9.17, 15) is 15.3 Å². The molecule has 2 heterocycles. The van der Waals surface area contributed by atoms with Crippen LogP contribution in [0.15, 0.2) is 11.6 Å². The molecule has 6 atom stereocenters. The van der Waals surface area contributed by atoms with Gasteiger partial charge < -0.3 is 26.4 Å². The molecule has 3 rings (SSSR count). The zero-order valence-corrected chi connectivity index (χ0v) is 10.7. The van der Waals surface area contributed by atoms with Gasteiger partial charge in [0.2, 0.25) is 0 Å². The number of piperidine rings is 1. The zero-order valence-electron chi connectivity index (χ0n) is 10.7. The van der Waals surface area contributed by atoms with E-state index in [4.69, 9.17) is 5.73 Å². The maximum absolute atomic E-state index is 10.1. The Bertz CT molecular complexity index is 378. The highest BCUT2D eigenvalue weighted by molar-refractivity contribution is 5.25. The number of aliphatic hydroxyl groups is 3. The fourth-order valence-electron chi connectivity index (χ4n) is 3.49. The van der Waals surface area contributed by atoms with Crippen LogP contribution in [0.4, 0.5) is 0 Å². The number of aliphatic hydroxyl groups excluding tert-OH is 3. The summed E-state index contributed by atoms with van der Waals surface area (Å²) in [5.41, 5.74) is 6.53. The summed E-state index contributed by atoms with van der Waals surface area (Å²) in [5.74, 6) is 0. The maximum Gasteiger partial charge on any atom is 0.105 e. The SMILES string of the molecule is NC1NCCC2C1NCN2[C@@H]1C=C(CO)[C@@H](O)[C@H]1O. The van der Waals surface area contributed by atoms with Gasteiger partial charge in [-0.25, -0.2) is 0 Å². The Morgan fingerprint density at radius 1 is 1.37 bits per heavy atom. The van der Waals surface area contributed by atoms with Crippen LogP contribution in [-0.4, -0.2) is 76.5 Å². The number of rotatable bonds is 2. The van der Waals surface area contributed by atoms with Crippen LogP contribution in [0, 0.1) is 0 Å². The van der Waals surface area contributed by atoms with Crippen LogP contribution in [0.2, 0.25) is 0 Å². The summed E-state index contributed by atoms with van der Waals surface area (Å²) < 4.78 is 0. The third kappa shape index (κ3) is 2.11. The molecule has 2 fully saturated rings. The van der Waals surface area contributed by atoms with E-state index in [1.54, 1.807) is 6.08 Å². The highest BCUT2D eigenvalue weighted by Crippen LogP contribution is 2.30. The minimum atomic E-state index is -0.968. The number of nitrogens with zero attached hydrogens (tertiary/aromatic N) is 1. The quantitative estimate of drug-likeness (QED) is 0.294. The van der Waals surface area contributed by atoms with Crippen LogP contribution >= 0.6 is 0 Å². The molecule has 0 saturated carbocycles. The van der Waals surface area contributed by atoms with E-state index in [1.165, 1.54) is 0 Å². The van der Waals surface area contributed by atoms with E-state index in [2.05, 4.69) is 15.5 Å². The van der Waals surface area contributed by atoms with Gasteiger partial charge in [-0.2, -0.15) is 0 Å². The number of nitrogens with one attached hydrogen (secondary N) is 2. The Balaban J connectivity index is 1.78. The predicted octanol–water partition coefficient (Wildman–Crippen LogP) is -3.11. The van der Waals surface area contributed by atoms with Gasteiger partial charge in [0.1, 0.15) is 12.2 Å². The second-order valence-corrected chi connectivity index (χ2v) is 5.56. The molecule has 0 aromatic carbocycles. The molecule has 108 valence electrons. The van der Waals surface area contributed by atoms with Gasteiger partial charge in [-0.1, -0.05) is 6.08 Å². The standard InChI is InChI=1S/C12H22N4O3/c13-12-9-7(1-2-14-12)16(5-15-9)8-3-6(4-17)10(18)11(8)19/h3,7-12,14-15,17-19H,1-2,4-5,13H2/t7?,8-,9?,10-,11+,12?/m1/s1. The second-order valence-electron chi connectivity index (χ2n) is 5.56. The summed E-state index contributed by atoms with van der Waals surface area (Å²) in [6.07, 6.45) is 0.798. The van der Waals surface area contributed by atoms with E-state index in [0.717, 1.165) is 13.0 Å². The van der Waals surface area contributed by atoms with Crippen LogP contribution in [-0.2, 0) is 0 Å². The van der Waals surface area contributed by atoms with Gasteiger partial charge in [0.05, 0.1) is 24.9 Å². The third-order valence-electron chi connectivity index (χ3n) is 4.56. The van der Waals surface area contributed by atoms with Crippen LogP contribution in [0.5, 0.6) is 0 Å². The highest BCUT2D eigenvalue weighted by atomic mass is 16.3. The highest BCUT2D eigenvalue weighted by Gasteiger charge is 2.46. The van der Waals surface area contributed by atoms with E-state index < -0.39 is 12.2 Å². The van der Waals surface area contributed by atoms with Crippen molar-refractivity contribution in [1.29, 1.82) is 0 Å². The van der Waals surface area contributed by atoms with E-state index >= 15 is 0 Å². The maximum atomic E-state index is 10.1. The molecule has 0 aromatic heterocycles. The lowest BCUT2D eigenvalue weighted by Gasteiger charge is -2.38. The van der Waals surface area contributed by atoms with E-state index in [0.29, 0.717) is 12.2 Å². The van der Waals surface area contributed by atoms with Gasteiger partial charge in [0.25, 0.3) is 0 Å². The number of hydrogen-bond donors (Lipinski definition) is 6. The Morgan fingerprint density at radius 3 is 2.84 bits per heavy atom. The first kappa shape index (κ1) is 13.4. The summed E-state index contributed by atoms with van der Waals surface area (Å²) in [7, 11) is 0. The van der Waals surface area contributed by atoms with E-state index in [-0.39, 0.29) is 30.9 Å². The molecule has 0 radical (unpaired) electrons. The van der Waals surface area contributed by atoms with Crippen LogP contribution < -0.4 is 16.4 Å². The smallest absolute Gasteiger partial charge is 0.105 e. The van der Waals surface area contributed by atoms with Crippen molar-refractivity contribution < 1.29 is 15.3 Å². The minimum Gasteiger partial charge on any atom is -0.392 e. The lowest BCUT2D eigenvalue weighted by molar-refractivity contribution is -0.00335. The topological polar surface area (TPSA) is 114 Å². The van der Waals surface area contributed by atoms with E-state index in [1.807, 2.05) is 0 Å². The summed E-state index contributed by atoms with van der Waals surface area (Å²) in [5, 5.41) is 35.8. The van der Waals surface area contributed by atoms with Crippen molar-refractivity contribution in [3.05, 3.63) is 11.6 Å². The molecule has 0 aromatic rings. The van der Waals surface area contributed by atoms with Gasteiger partial charge in [0, 0.05) is 12.7 Å². The van der Waals surface area contributed by atoms with Crippen molar-refractivity contribution in [1.82, 2.24) is 15.5 Å². The fourth-order valence-corrected chi connectivity index (χ4v) is 3.49. The largest absolute Gasteiger partial charge is 0.392 e. The minimum absolute atomic E-state index is 0.0893. The molecule has 7 heteroatoms. The average Bonchev–Trinajstić information content (AvgIpc) is 2.94. The van der Waals surface area contributed by atoms with Crippen molar-refractivity contribution >= 4 is 0 Å². The first-order chi connectivity index (χ1) is 9.13. The van der Waals surface area contributed by atoms with Gasteiger partial charge in [-0.3, -0.25) is 10.2 Å². The normalized spacial score (nSPS) is 47.3. The van der Waals surface area contributed by atoms with Crippen molar-refractivity contribution in [2.75, 3.05) is 19.8 Å². The molecule has 0 amide bonds. The molecule has 19 heavy (non-hydrogen) atoms. The Labute approximate surface area is 112 Å². The van der Waals surface area contributed by atoms with Crippen molar-refractivity contribution in [2.24, 2.45) is 5.73 Å². The Hall–Kier alpha value is -0.540. The predicted molar refractivity (Wildman–Crippen MR) is 69.0 cm³/mol. The molecule has 7 nitrogen and oxygen atoms in total. The van der Waals surface area contributed by atoms with Crippen molar-refractivity contribution in [2.45, 2.75) is 42.9 Å². The third-order valence-corrected chi connectivity index (χ3v) is 4.56. The molecule has 0 spiro atoms. The molecular formula is C12H22N4O3. The van der Waals surface area contributed by atoms with Gasteiger partial charge >= 0.3 is 0 Å². The lowest BCUT2D eigenvalue weighted by atomic mass is 9.97. The molecular weight excluding hydrogens is 248 g/mol. The molecule has 3 unspecified atom stereocenters. The Kier molecular flexibility index (Phi) is 3.61. The summed E-state index contributed by atoms with van der Waals surface area (Å²) in [4.78, 5) is 2.14. The Morgan fingerprint density at radius 2 is 2.16 bits per heavy atom. The number of hydrogen-bond acceptors (Lipinski definition) is 7. The van der Waals surface area contributed by atoms with Crippen LogP contribution in [0.3, 0.4) is 0 Å². The monoisotopic (exact) mass is 270 g/mol. The average molecular weight is 270 g/mol. The molecule has 0 bridgehead atoms. The molecule has 2 aliphatic heterocycles. The summed E-state index contributed by atoms with van der Waals surface area (Å²) >= 11 is 0. The molecule has 7 N–H and O–H groups in total. The summed E-state index contributed by atoms with van der Waals surface area (Å²) in [6.45, 7) is 1.27. The van der Waals surface area contributed by atoms with Gasteiger partial charge in [0.15, 0.2) is 0 Å². The van der Waals surface area contributed by atoms with Crippen molar-refractivity contribution in [3.63, 3.8) is 0 Å². The fraction of sp³-hybridized carbons (Fsp3) is 0.833. The van der Waals surface area contributed by atoms with Gasteiger partial charge in [-0.05, 0) is 18.5 Å². The van der Waals surface area contributed by atoms with Crippen LogP contribution in [0.1, 0.15) is 6.42 Å². The first-order valence-corrected chi connectivity index (χ1v) is 6.79. The first-order valence-electron chi connectivity index (χ1n) is 6.79. The lowest BCUT2D eigenvalue weighted by Crippen LogP contribution is -2.61. The molecule has 1 aliphatic carbocycles. The second kappa shape index (κ2) is 5.10. The van der Waals surface area contributed by atoms with Gasteiger partial charge in [-0.15, -0.1) is 0 Å². The van der Waals surface area contributed by atoms with Crippen molar-refractivity contribution in [3.8, 4) is 0 Å². The number of fused-ring (bicyclic) bond motifs is 1. The molecule has 3 aliphatic rings. The summed E-state index contributed by atoms with van der Waals surface area (Å²) in [6, 6.07) is 0.145. The zero-order chi connectivity index (χ0) is 13.6. The number of nitrogens with two attached hydrogens (primary N) is 1.